The largest absolute Gasteiger partial charge is 0.376 e. The van der Waals surface area contributed by atoms with Gasteiger partial charge in [0.1, 0.15) is 0 Å². The van der Waals surface area contributed by atoms with Crippen LogP contribution in [0.4, 0.5) is 5.69 Å². The Morgan fingerprint density at radius 1 is 1.21 bits per heavy atom. The van der Waals surface area contributed by atoms with E-state index in [2.05, 4.69) is 17.3 Å². The standard InChI is InChI=1S/C14H17Cl2N3/c1-8(11-5-6-12(15)13(16)7-11)17-14-9(2)18-19(4)10(14)3/h5-8,17H,1-4H3. The summed E-state index contributed by atoms with van der Waals surface area (Å²) >= 11 is 12.0. The van der Waals surface area contributed by atoms with Crippen molar-refractivity contribution in [2.24, 2.45) is 7.05 Å². The Balaban J connectivity index is 2.25. The quantitative estimate of drug-likeness (QED) is 0.903. The predicted octanol–water partition coefficient (Wildman–Crippen LogP) is 4.52. The average molecular weight is 298 g/mol. The zero-order valence-electron chi connectivity index (χ0n) is 11.5. The van der Waals surface area contributed by atoms with Gasteiger partial charge in [-0.05, 0) is 38.5 Å². The number of hydrogen-bond donors (Lipinski definition) is 1. The number of benzene rings is 1. The number of halogens is 2. The minimum Gasteiger partial charge on any atom is -0.376 e. The highest BCUT2D eigenvalue weighted by Gasteiger charge is 2.13. The molecule has 0 saturated heterocycles. The molecule has 1 aromatic heterocycles. The predicted molar refractivity (Wildman–Crippen MR) is 81.2 cm³/mol. The van der Waals surface area contributed by atoms with E-state index in [1.807, 2.05) is 43.8 Å². The number of anilines is 1. The van der Waals surface area contributed by atoms with E-state index in [1.165, 1.54) is 0 Å². The van der Waals surface area contributed by atoms with Crippen molar-refractivity contribution in [1.29, 1.82) is 0 Å². The van der Waals surface area contributed by atoms with Crippen molar-refractivity contribution in [2.75, 3.05) is 5.32 Å². The second kappa shape index (κ2) is 5.43. The first-order chi connectivity index (χ1) is 8.90. The van der Waals surface area contributed by atoms with Gasteiger partial charge in [-0.3, -0.25) is 4.68 Å². The summed E-state index contributed by atoms with van der Waals surface area (Å²) in [5, 5.41) is 9.02. The summed E-state index contributed by atoms with van der Waals surface area (Å²) in [6, 6.07) is 5.83. The number of hydrogen-bond acceptors (Lipinski definition) is 2. The van der Waals surface area contributed by atoms with E-state index in [-0.39, 0.29) is 6.04 Å². The van der Waals surface area contributed by atoms with Crippen LogP contribution < -0.4 is 5.32 Å². The number of rotatable bonds is 3. The fourth-order valence-electron chi connectivity index (χ4n) is 2.06. The monoisotopic (exact) mass is 297 g/mol. The molecule has 5 heteroatoms. The molecule has 0 spiro atoms. The lowest BCUT2D eigenvalue weighted by molar-refractivity contribution is 0.731. The summed E-state index contributed by atoms with van der Waals surface area (Å²) in [5.41, 5.74) is 4.27. The molecule has 19 heavy (non-hydrogen) atoms. The fraction of sp³-hybridized carbons (Fsp3) is 0.357. The first-order valence-electron chi connectivity index (χ1n) is 6.12. The molecule has 102 valence electrons. The highest BCUT2D eigenvalue weighted by atomic mass is 35.5. The number of nitrogens with one attached hydrogen (secondary N) is 1. The molecule has 2 rings (SSSR count). The summed E-state index contributed by atoms with van der Waals surface area (Å²) < 4.78 is 1.87. The Kier molecular flexibility index (Phi) is 4.07. The molecule has 0 saturated carbocycles. The Morgan fingerprint density at radius 3 is 2.42 bits per heavy atom. The third-order valence-corrected chi connectivity index (χ3v) is 4.05. The molecule has 2 aromatic rings. The number of nitrogens with zero attached hydrogens (tertiary/aromatic N) is 2. The Labute approximate surface area is 123 Å². The van der Waals surface area contributed by atoms with Crippen LogP contribution in [0.25, 0.3) is 0 Å². The van der Waals surface area contributed by atoms with Gasteiger partial charge in [0.2, 0.25) is 0 Å². The molecule has 1 atom stereocenters. The highest BCUT2D eigenvalue weighted by Crippen LogP contribution is 2.29. The van der Waals surface area contributed by atoms with Crippen molar-refractivity contribution in [3.63, 3.8) is 0 Å². The first kappa shape index (κ1) is 14.2. The van der Waals surface area contributed by atoms with E-state index < -0.39 is 0 Å². The van der Waals surface area contributed by atoms with Gasteiger partial charge >= 0.3 is 0 Å². The summed E-state index contributed by atoms with van der Waals surface area (Å²) in [4.78, 5) is 0. The SMILES string of the molecule is Cc1nn(C)c(C)c1NC(C)c1ccc(Cl)c(Cl)c1. The molecule has 1 heterocycles. The summed E-state index contributed by atoms with van der Waals surface area (Å²) in [6.45, 7) is 6.13. The lowest BCUT2D eigenvalue weighted by atomic mass is 10.1. The minimum absolute atomic E-state index is 0.136. The van der Waals surface area contributed by atoms with Crippen LogP contribution in [-0.4, -0.2) is 9.78 Å². The molecule has 1 aromatic carbocycles. The van der Waals surface area contributed by atoms with Gasteiger partial charge < -0.3 is 5.32 Å². The van der Waals surface area contributed by atoms with Crippen LogP contribution in [0.15, 0.2) is 18.2 Å². The normalized spacial score (nSPS) is 12.5. The molecule has 0 amide bonds. The van der Waals surface area contributed by atoms with Crippen molar-refractivity contribution in [3.05, 3.63) is 45.2 Å². The maximum absolute atomic E-state index is 6.05. The number of aryl methyl sites for hydroxylation is 2. The second-order valence-corrected chi connectivity index (χ2v) is 5.52. The van der Waals surface area contributed by atoms with E-state index in [1.54, 1.807) is 0 Å². The molecule has 1 unspecified atom stereocenters. The van der Waals surface area contributed by atoms with Crippen LogP contribution >= 0.6 is 23.2 Å². The molecule has 1 N–H and O–H groups in total. The Hall–Kier alpha value is -1.19. The Morgan fingerprint density at radius 2 is 1.89 bits per heavy atom. The van der Waals surface area contributed by atoms with Gasteiger partial charge in [0.15, 0.2) is 0 Å². The molecule has 0 radical (unpaired) electrons. The van der Waals surface area contributed by atoms with Gasteiger partial charge in [-0.2, -0.15) is 5.10 Å². The smallest absolute Gasteiger partial charge is 0.0828 e. The average Bonchev–Trinajstić information content (AvgIpc) is 2.59. The van der Waals surface area contributed by atoms with E-state index in [4.69, 9.17) is 23.2 Å². The fourth-order valence-corrected chi connectivity index (χ4v) is 2.37. The zero-order valence-corrected chi connectivity index (χ0v) is 13.0. The molecular formula is C14H17Cl2N3. The van der Waals surface area contributed by atoms with Gasteiger partial charge in [-0.25, -0.2) is 0 Å². The lowest BCUT2D eigenvalue weighted by Gasteiger charge is -2.16. The Bertz CT molecular complexity index is 605. The highest BCUT2D eigenvalue weighted by molar-refractivity contribution is 6.42. The zero-order chi connectivity index (χ0) is 14.2. The maximum atomic E-state index is 6.05. The van der Waals surface area contributed by atoms with Crippen molar-refractivity contribution < 1.29 is 0 Å². The molecule has 0 aliphatic heterocycles. The lowest BCUT2D eigenvalue weighted by Crippen LogP contribution is -2.08. The van der Waals surface area contributed by atoms with Crippen molar-refractivity contribution >= 4 is 28.9 Å². The maximum Gasteiger partial charge on any atom is 0.0828 e. The van der Waals surface area contributed by atoms with Crippen LogP contribution in [0, 0.1) is 13.8 Å². The summed E-state index contributed by atoms with van der Waals surface area (Å²) in [5.74, 6) is 0. The van der Waals surface area contributed by atoms with E-state index in [0.29, 0.717) is 10.0 Å². The van der Waals surface area contributed by atoms with E-state index >= 15 is 0 Å². The van der Waals surface area contributed by atoms with Crippen LogP contribution in [-0.2, 0) is 7.05 Å². The van der Waals surface area contributed by atoms with Gasteiger partial charge in [0, 0.05) is 13.1 Å². The van der Waals surface area contributed by atoms with E-state index in [9.17, 15) is 0 Å². The van der Waals surface area contributed by atoms with Gasteiger partial charge in [0.25, 0.3) is 0 Å². The van der Waals surface area contributed by atoms with Gasteiger partial charge in [-0.15, -0.1) is 0 Å². The second-order valence-electron chi connectivity index (χ2n) is 4.71. The third kappa shape index (κ3) is 2.88. The van der Waals surface area contributed by atoms with E-state index in [0.717, 1.165) is 22.6 Å². The van der Waals surface area contributed by atoms with Gasteiger partial charge in [0.05, 0.1) is 27.1 Å². The van der Waals surface area contributed by atoms with Crippen molar-refractivity contribution in [3.8, 4) is 0 Å². The van der Waals surface area contributed by atoms with Crippen LogP contribution in [0.2, 0.25) is 10.0 Å². The molecule has 0 fully saturated rings. The van der Waals surface area contributed by atoms with Gasteiger partial charge in [-0.1, -0.05) is 29.3 Å². The van der Waals surface area contributed by atoms with Crippen molar-refractivity contribution in [1.82, 2.24) is 9.78 Å². The first-order valence-corrected chi connectivity index (χ1v) is 6.87. The molecule has 3 nitrogen and oxygen atoms in total. The molecular weight excluding hydrogens is 281 g/mol. The third-order valence-electron chi connectivity index (χ3n) is 3.31. The molecule has 0 aliphatic rings. The summed E-state index contributed by atoms with van der Waals surface area (Å²) in [6.07, 6.45) is 0. The van der Waals surface area contributed by atoms with Crippen LogP contribution in [0.1, 0.15) is 29.9 Å². The molecule has 0 aliphatic carbocycles. The van der Waals surface area contributed by atoms with Crippen LogP contribution in [0.5, 0.6) is 0 Å². The summed E-state index contributed by atoms with van der Waals surface area (Å²) in [7, 11) is 1.94. The van der Waals surface area contributed by atoms with Crippen molar-refractivity contribution in [2.45, 2.75) is 26.8 Å². The molecule has 0 bridgehead atoms. The topological polar surface area (TPSA) is 29.9 Å². The van der Waals surface area contributed by atoms with Crippen LogP contribution in [0.3, 0.4) is 0 Å². The number of aromatic nitrogens is 2. The minimum atomic E-state index is 0.136.